The van der Waals surface area contributed by atoms with Crippen LogP contribution in [0.5, 0.6) is 0 Å². The van der Waals surface area contributed by atoms with Crippen molar-refractivity contribution in [2.24, 2.45) is 0 Å². The van der Waals surface area contributed by atoms with Crippen LogP contribution in [0.25, 0.3) is 11.6 Å². The maximum atomic E-state index is 13.0. The summed E-state index contributed by atoms with van der Waals surface area (Å²) in [5.41, 5.74) is 4.76. The van der Waals surface area contributed by atoms with E-state index in [-0.39, 0.29) is 5.91 Å². The molecular formula is C19H16N4O2. The highest BCUT2D eigenvalue weighted by atomic mass is 16.2. The maximum Gasteiger partial charge on any atom is 0.341 e. The van der Waals surface area contributed by atoms with E-state index in [2.05, 4.69) is 9.97 Å². The fourth-order valence-electron chi connectivity index (χ4n) is 3.10. The van der Waals surface area contributed by atoms with Gasteiger partial charge in [-0.1, -0.05) is 18.2 Å². The minimum atomic E-state index is -0.447. The number of aryl methyl sites for hydroxylation is 2. The maximum absolute atomic E-state index is 13.0. The molecular weight excluding hydrogens is 316 g/mol. The Morgan fingerprint density at radius 1 is 1.24 bits per heavy atom. The van der Waals surface area contributed by atoms with E-state index >= 15 is 0 Å². The molecule has 3 aromatic rings. The number of hydrogen-bond donors (Lipinski definition) is 1. The van der Waals surface area contributed by atoms with Gasteiger partial charge in [0.1, 0.15) is 6.33 Å². The molecule has 2 amide bonds. The number of anilines is 1. The molecule has 0 atom stereocenters. The average molecular weight is 332 g/mol. The van der Waals surface area contributed by atoms with Crippen molar-refractivity contribution < 1.29 is 9.59 Å². The molecule has 0 bridgehead atoms. The summed E-state index contributed by atoms with van der Waals surface area (Å²) in [7, 11) is 0. The first-order valence-electron chi connectivity index (χ1n) is 7.90. The van der Waals surface area contributed by atoms with E-state index in [1.807, 2.05) is 44.2 Å². The molecule has 0 fully saturated rings. The van der Waals surface area contributed by atoms with Crippen molar-refractivity contribution in [3.05, 3.63) is 71.6 Å². The molecule has 124 valence electrons. The van der Waals surface area contributed by atoms with Gasteiger partial charge in [0.25, 0.3) is 5.91 Å². The van der Waals surface area contributed by atoms with Gasteiger partial charge in [0.05, 0.1) is 11.3 Å². The van der Waals surface area contributed by atoms with E-state index in [0.29, 0.717) is 11.3 Å². The molecule has 0 saturated heterocycles. The van der Waals surface area contributed by atoms with Gasteiger partial charge in [-0.15, -0.1) is 0 Å². The predicted octanol–water partition coefficient (Wildman–Crippen LogP) is 3.38. The van der Waals surface area contributed by atoms with Crippen molar-refractivity contribution in [3.63, 3.8) is 0 Å². The first-order valence-corrected chi connectivity index (χ1v) is 7.90. The first-order chi connectivity index (χ1) is 12.1. The lowest BCUT2D eigenvalue weighted by atomic mass is 10.1. The number of H-pyrrole nitrogens is 1. The second-order valence-electron chi connectivity index (χ2n) is 6.02. The van der Waals surface area contributed by atoms with Gasteiger partial charge >= 0.3 is 6.03 Å². The first kappa shape index (κ1) is 15.1. The molecule has 0 radical (unpaired) electrons. The van der Waals surface area contributed by atoms with E-state index in [1.54, 1.807) is 6.07 Å². The Kier molecular flexibility index (Phi) is 3.39. The van der Waals surface area contributed by atoms with Crippen molar-refractivity contribution in [3.8, 4) is 0 Å². The van der Waals surface area contributed by atoms with Crippen LogP contribution in [0, 0.1) is 13.8 Å². The van der Waals surface area contributed by atoms with E-state index in [1.165, 1.54) is 28.2 Å². The zero-order valence-electron chi connectivity index (χ0n) is 13.9. The van der Waals surface area contributed by atoms with E-state index < -0.39 is 6.03 Å². The number of fused-ring (bicyclic) bond motifs is 1. The molecule has 0 saturated carbocycles. The van der Waals surface area contributed by atoms with Crippen molar-refractivity contribution in [2.75, 3.05) is 4.90 Å². The number of carbonyl (C=O) groups excluding carboxylic acids is 2. The van der Waals surface area contributed by atoms with Gasteiger partial charge in [-0.05, 0) is 37.6 Å². The largest absolute Gasteiger partial charge is 0.359 e. The minimum absolute atomic E-state index is 0.341. The molecule has 2 aromatic heterocycles. The molecule has 1 aliphatic heterocycles. The van der Waals surface area contributed by atoms with Gasteiger partial charge in [-0.2, -0.15) is 0 Å². The van der Waals surface area contributed by atoms with Crippen LogP contribution in [-0.2, 0) is 4.79 Å². The molecule has 0 aliphatic carbocycles. The van der Waals surface area contributed by atoms with Crippen LogP contribution in [0.1, 0.15) is 22.5 Å². The van der Waals surface area contributed by atoms with Crippen LogP contribution in [0.15, 0.2) is 49.1 Å². The molecule has 6 heteroatoms. The number of rotatable bonds is 1. The van der Waals surface area contributed by atoms with Crippen LogP contribution in [0.3, 0.4) is 0 Å². The summed E-state index contributed by atoms with van der Waals surface area (Å²) in [6, 6.07) is 8.87. The number of hydrogen-bond acceptors (Lipinski definition) is 3. The normalized spacial score (nSPS) is 15.0. The van der Waals surface area contributed by atoms with Crippen molar-refractivity contribution in [1.82, 2.24) is 14.5 Å². The predicted molar refractivity (Wildman–Crippen MR) is 95.1 cm³/mol. The molecule has 0 unspecified atom stereocenters. The summed E-state index contributed by atoms with van der Waals surface area (Å²) in [4.78, 5) is 34.1. The lowest BCUT2D eigenvalue weighted by molar-refractivity contribution is -0.112. The topological polar surface area (TPSA) is 71.0 Å². The number of amides is 2. The third-order valence-corrected chi connectivity index (χ3v) is 4.26. The van der Waals surface area contributed by atoms with Crippen LogP contribution in [0.4, 0.5) is 10.5 Å². The molecule has 4 rings (SSSR count). The smallest absolute Gasteiger partial charge is 0.341 e. The Labute approximate surface area is 144 Å². The van der Waals surface area contributed by atoms with Gasteiger partial charge in [-0.3, -0.25) is 9.36 Å². The highest BCUT2D eigenvalue weighted by Crippen LogP contribution is 2.38. The van der Waals surface area contributed by atoms with E-state index in [0.717, 1.165) is 22.5 Å². The number of imide groups is 1. The summed E-state index contributed by atoms with van der Waals surface area (Å²) in [6.07, 6.45) is 6.23. The number of aromatic nitrogens is 3. The highest BCUT2D eigenvalue weighted by Gasteiger charge is 2.37. The number of aromatic amines is 1. The number of carbonyl (C=O) groups is 2. The Balaban J connectivity index is 1.84. The molecule has 0 spiro atoms. The Hall–Kier alpha value is -3.41. The quantitative estimate of drug-likeness (QED) is 0.694. The van der Waals surface area contributed by atoms with Crippen molar-refractivity contribution >= 4 is 29.3 Å². The Morgan fingerprint density at radius 3 is 2.72 bits per heavy atom. The molecule has 1 aliphatic rings. The lowest BCUT2D eigenvalue weighted by Crippen LogP contribution is -2.36. The number of nitrogens with one attached hydrogen (secondary N) is 1. The molecule has 3 heterocycles. The standard InChI is InChI=1S/C19H16N4O2/c1-12-9-13(2)21-16(12)10-15-14-5-3-4-6-17(14)23(18(15)24)19(25)22-8-7-20-11-22/h3-11,21H,1-2H3. The second kappa shape index (κ2) is 5.59. The monoisotopic (exact) mass is 332 g/mol. The second-order valence-corrected chi connectivity index (χ2v) is 6.02. The fraction of sp³-hybridized carbons (Fsp3) is 0.105. The molecule has 25 heavy (non-hydrogen) atoms. The van der Waals surface area contributed by atoms with Gasteiger partial charge in [-0.25, -0.2) is 14.7 Å². The van der Waals surface area contributed by atoms with E-state index in [9.17, 15) is 9.59 Å². The summed E-state index contributed by atoms with van der Waals surface area (Å²) in [5.74, 6) is -0.341. The van der Waals surface area contributed by atoms with Gasteiger partial charge < -0.3 is 4.98 Å². The summed E-state index contributed by atoms with van der Waals surface area (Å²) >= 11 is 0. The van der Waals surface area contributed by atoms with Gasteiger partial charge in [0.2, 0.25) is 0 Å². The van der Waals surface area contributed by atoms with Crippen molar-refractivity contribution in [1.29, 1.82) is 0 Å². The molecule has 6 nitrogen and oxygen atoms in total. The zero-order valence-corrected chi connectivity index (χ0v) is 13.9. The van der Waals surface area contributed by atoms with Crippen LogP contribution in [0.2, 0.25) is 0 Å². The van der Waals surface area contributed by atoms with Crippen LogP contribution >= 0.6 is 0 Å². The van der Waals surface area contributed by atoms with Gasteiger partial charge in [0.15, 0.2) is 0 Å². The number of nitrogens with zero attached hydrogens (tertiary/aromatic N) is 3. The summed E-state index contributed by atoms with van der Waals surface area (Å²) < 4.78 is 1.29. The highest BCUT2D eigenvalue weighted by molar-refractivity contribution is 6.42. The van der Waals surface area contributed by atoms with Crippen LogP contribution < -0.4 is 4.90 Å². The zero-order chi connectivity index (χ0) is 17.6. The number of para-hydroxylation sites is 1. The average Bonchev–Trinajstić information content (AvgIpc) is 3.28. The number of benzene rings is 1. The lowest BCUT2D eigenvalue weighted by Gasteiger charge is -2.14. The number of imidazole rings is 1. The summed E-state index contributed by atoms with van der Waals surface area (Å²) in [5, 5.41) is 0. The fourth-order valence-corrected chi connectivity index (χ4v) is 3.10. The van der Waals surface area contributed by atoms with Crippen molar-refractivity contribution in [2.45, 2.75) is 13.8 Å². The SMILES string of the molecule is Cc1cc(C)c(C=C2C(=O)N(C(=O)n3ccnc3)c3ccccc32)[nH]1. The van der Waals surface area contributed by atoms with Gasteiger partial charge in [0, 0.05) is 29.3 Å². The molecule has 1 aromatic carbocycles. The third-order valence-electron chi connectivity index (χ3n) is 4.26. The van der Waals surface area contributed by atoms with E-state index in [4.69, 9.17) is 0 Å². The Bertz CT molecular complexity index is 1010. The Morgan fingerprint density at radius 2 is 2.04 bits per heavy atom. The summed E-state index contributed by atoms with van der Waals surface area (Å²) in [6.45, 7) is 3.95. The van der Waals surface area contributed by atoms with Crippen LogP contribution in [-0.4, -0.2) is 26.5 Å². The minimum Gasteiger partial charge on any atom is -0.359 e. The molecule has 1 N–H and O–H groups in total. The third kappa shape index (κ3) is 2.39.